The van der Waals surface area contributed by atoms with Crippen molar-refractivity contribution in [2.24, 2.45) is 0 Å². The van der Waals surface area contributed by atoms with Gasteiger partial charge in [-0.2, -0.15) is 4.31 Å². The maximum Gasteiger partial charge on any atom is 0.244 e. The van der Waals surface area contributed by atoms with Crippen LogP contribution in [0.2, 0.25) is 5.02 Å². The van der Waals surface area contributed by atoms with Crippen LogP contribution in [-0.4, -0.2) is 42.5 Å². The Morgan fingerprint density at radius 3 is 2.96 bits per heavy atom. The van der Waals surface area contributed by atoms with E-state index >= 15 is 0 Å². The van der Waals surface area contributed by atoms with Gasteiger partial charge in [0.1, 0.15) is 6.04 Å². The Morgan fingerprint density at radius 1 is 1.43 bits per heavy atom. The van der Waals surface area contributed by atoms with Gasteiger partial charge in [0.2, 0.25) is 15.9 Å². The first-order valence-electron chi connectivity index (χ1n) is 7.18. The summed E-state index contributed by atoms with van der Waals surface area (Å²) in [6, 6.07) is 4.64. The molecule has 1 aromatic carbocycles. The number of benzene rings is 1. The Balaban J connectivity index is 1.81. The van der Waals surface area contributed by atoms with Crippen LogP contribution in [0, 0.1) is 0 Å². The molecule has 3 rings (SSSR count). The summed E-state index contributed by atoms with van der Waals surface area (Å²) in [7, 11) is -3.40. The van der Waals surface area contributed by atoms with Crippen LogP contribution < -0.4 is 5.32 Å². The molecule has 6 nitrogen and oxygen atoms in total. The highest BCUT2D eigenvalue weighted by molar-refractivity contribution is 7.88. The van der Waals surface area contributed by atoms with Gasteiger partial charge in [0.15, 0.2) is 5.13 Å². The van der Waals surface area contributed by atoms with Gasteiger partial charge < -0.3 is 5.32 Å². The Bertz CT molecular complexity index is 850. The van der Waals surface area contributed by atoms with E-state index in [9.17, 15) is 13.2 Å². The number of hydrogen-bond donors (Lipinski definition) is 1. The molecule has 0 saturated carbocycles. The number of carbonyl (C=O) groups excluding carboxylic acids is 1. The largest absolute Gasteiger partial charge is 0.301 e. The minimum atomic E-state index is -3.40. The number of halogens is 1. The highest BCUT2D eigenvalue weighted by Crippen LogP contribution is 2.29. The van der Waals surface area contributed by atoms with Crippen LogP contribution in [0.25, 0.3) is 10.2 Å². The zero-order valence-corrected chi connectivity index (χ0v) is 14.8. The molecule has 1 aliphatic rings. The minimum Gasteiger partial charge on any atom is -0.301 e. The highest BCUT2D eigenvalue weighted by atomic mass is 35.5. The number of aromatic nitrogens is 1. The molecule has 1 aromatic heterocycles. The number of amides is 1. The van der Waals surface area contributed by atoms with Gasteiger partial charge in [-0.25, -0.2) is 13.4 Å². The number of nitrogens with zero attached hydrogens (tertiary/aromatic N) is 2. The Morgan fingerprint density at radius 2 is 2.22 bits per heavy atom. The van der Waals surface area contributed by atoms with Crippen LogP contribution in [-0.2, 0) is 14.8 Å². The molecule has 2 heterocycles. The summed E-state index contributed by atoms with van der Waals surface area (Å²) in [5.74, 6) is -0.333. The standard InChI is InChI=1S/C14H16ClN3O3S2/c1-23(20,21)18-7-3-2-4-11(18)13(19)17-14-16-10-6-5-9(15)8-12(10)22-14/h5-6,8,11H,2-4,7H2,1H3,(H,16,17,19). The van der Waals surface area contributed by atoms with Crippen molar-refractivity contribution in [1.29, 1.82) is 0 Å². The van der Waals surface area contributed by atoms with Crippen LogP contribution in [0.15, 0.2) is 18.2 Å². The average molecular weight is 374 g/mol. The quantitative estimate of drug-likeness (QED) is 0.897. The zero-order chi connectivity index (χ0) is 16.6. The molecular weight excluding hydrogens is 358 g/mol. The molecule has 9 heteroatoms. The van der Waals surface area contributed by atoms with Gasteiger partial charge in [0.25, 0.3) is 0 Å². The van der Waals surface area contributed by atoms with E-state index in [-0.39, 0.29) is 5.91 Å². The number of piperidine rings is 1. The first-order valence-corrected chi connectivity index (χ1v) is 10.2. The number of rotatable bonds is 3. The number of anilines is 1. The van der Waals surface area contributed by atoms with Gasteiger partial charge in [0, 0.05) is 11.6 Å². The Labute approximate surface area is 143 Å². The summed E-state index contributed by atoms with van der Waals surface area (Å²) in [4.78, 5) is 16.8. The van der Waals surface area contributed by atoms with Crippen LogP contribution in [0.5, 0.6) is 0 Å². The van der Waals surface area contributed by atoms with Crippen LogP contribution in [0.1, 0.15) is 19.3 Å². The number of hydrogen-bond acceptors (Lipinski definition) is 5. The van der Waals surface area contributed by atoms with E-state index in [0.29, 0.717) is 23.1 Å². The lowest BCUT2D eigenvalue weighted by Gasteiger charge is -2.32. The molecule has 124 valence electrons. The van der Waals surface area contributed by atoms with Crippen molar-refractivity contribution in [3.05, 3.63) is 23.2 Å². The number of nitrogens with one attached hydrogen (secondary N) is 1. The lowest BCUT2D eigenvalue weighted by molar-refractivity contribution is -0.120. The maximum absolute atomic E-state index is 12.5. The topological polar surface area (TPSA) is 79.4 Å². The third-order valence-corrected chi connectivity index (χ3v) is 6.22. The third-order valence-electron chi connectivity index (χ3n) is 3.76. The first-order chi connectivity index (χ1) is 10.8. The molecular formula is C14H16ClN3O3S2. The SMILES string of the molecule is CS(=O)(=O)N1CCCCC1C(=O)Nc1nc2ccc(Cl)cc2s1. The lowest BCUT2D eigenvalue weighted by Crippen LogP contribution is -2.49. The molecule has 1 atom stereocenters. The van der Waals surface area contributed by atoms with Crippen LogP contribution in [0.3, 0.4) is 0 Å². The monoisotopic (exact) mass is 373 g/mol. The normalized spacial score (nSPS) is 19.8. The molecule has 1 N–H and O–H groups in total. The second-order valence-electron chi connectivity index (χ2n) is 5.51. The van der Waals surface area contributed by atoms with Crippen molar-refractivity contribution in [3.63, 3.8) is 0 Å². The van der Waals surface area contributed by atoms with E-state index < -0.39 is 16.1 Å². The van der Waals surface area contributed by atoms with Crippen molar-refractivity contribution in [2.45, 2.75) is 25.3 Å². The van der Waals surface area contributed by atoms with Gasteiger partial charge in [-0.3, -0.25) is 4.79 Å². The first kappa shape index (κ1) is 16.6. The van der Waals surface area contributed by atoms with Crippen molar-refractivity contribution < 1.29 is 13.2 Å². The molecule has 0 bridgehead atoms. The minimum absolute atomic E-state index is 0.333. The fourth-order valence-corrected chi connectivity index (χ4v) is 4.97. The van der Waals surface area contributed by atoms with Gasteiger partial charge >= 0.3 is 0 Å². The summed E-state index contributed by atoms with van der Waals surface area (Å²) < 4.78 is 25.8. The molecule has 1 saturated heterocycles. The van der Waals surface area contributed by atoms with E-state index in [1.165, 1.54) is 15.6 Å². The number of fused-ring (bicyclic) bond motifs is 1. The molecule has 23 heavy (non-hydrogen) atoms. The van der Waals surface area contributed by atoms with Gasteiger partial charge in [-0.15, -0.1) is 0 Å². The van der Waals surface area contributed by atoms with E-state index in [1.807, 2.05) is 0 Å². The third kappa shape index (κ3) is 3.65. The second kappa shape index (κ2) is 6.35. The van der Waals surface area contributed by atoms with Crippen LogP contribution in [0.4, 0.5) is 5.13 Å². The average Bonchev–Trinajstić information content (AvgIpc) is 2.87. The fourth-order valence-electron chi connectivity index (χ4n) is 2.70. The van der Waals surface area contributed by atoms with Gasteiger partial charge in [-0.1, -0.05) is 29.4 Å². The second-order valence-corrected chi connectivity index (χ2v) is 8.91. The van der Waals surface area contributed by atoms with E-state index in [1.54, 1.807) is 18.2 Å². The molecule has 1 aliphatic heterocycles. The van der Waals surface area contributed by atoms with Gasteiger partial charge in [-0.05, 0) is 31.0 Å². The fraction of sp³-hybridized carbons (Fsp3) is 0.429. The summed E-state index contributed by atoms with van der Waals surface area (Å²) >= 11 is 7.26. The van der Waals surface area contributed by atoms with Crippen molar-refractivity contribution >= 4 is 54.2 Å². The molecule has 1 fully saturated rings. The summed E-state index contributed by atoms with van der Waals surface area (Å²) in [5.41, 5.74) is 0.748. The van der Waals surface area contributed by atoms with Crippen molar-refractivity contribution in [1.82, 2.24) is 9.29 Å². The van der Waals surface area contributed by atoms with Crippen molar-refractivity contribution in [3.8, 4) is 0 Å². The molecule has 1 amide bonds. The lowest BCUT2D eigenvalue weighted by atomic mass is 10.0. The van der Waals surface area contributed by atoms with Crippen molar-refractivity contribution in [2.75, 3.05) is 18.1 Å². The van der Waals surface area contributed by atoms with Gasteiger partial charge in [0.05, 0.1) is 16.5 Å². The molecule has 0 spiro atoms. The predicted molar refractivity (Wildman–Crippen MR) is 92.4 cm³/mol. The molecule has 0 aliphatic carbocycles. The number of sulfonamides is 1. The van der Waals surface area contributed by atoms with Crippen LogP contribution >= 0.6 is 22.9 Å². The van der Waals surface area contributed by atoms with E-state index in [0.717, 1.165) is 29.3 Å². The molecule has 1 unspecified atom stereocenters. The molecule has 0 radical (unpaired) electrons. The Kier molecular flexibility index (Phi) is 4.59. The highest BCUT2D eigenvalue weighted by Gasteiger charge is 2.34. The molecule has 2 aromatic rings. The zero-order valence-electron chi connectivity index (χ0n) is 12.5. The Hall–Kier alpha value is -1.22. The number of thiazole rings is 1. The summed E-state index contributed by atoms with van der Waals surface area (Å²) in [6.07, 6.45) is 3.27. The van der Waals surface area contributed by atoms with E-state index in [4.69, 9.17) is 11.6 Å². The van der Waals surface area contributed by atoms with E-state index in [2.05, 4.69) is 10.3 Å². The smallest absolute Gasteiger partial charge is 0.244 e. The maximum atomic E-state index is 12.5. The summed E-state index contributed by atoms with van der Waals surface area (Å²) in [6.45, 7) is 0.381. The summed E-state index contributed by atoms with van der Waals surface area (Å²) in [5, 5.41) is 3.80. The predicted octanol–water partition coefficient (Wildman–Crippen LogP) is 2.70. The number of carbonyl (C=O) groups is 1.